The molecule has 0 radical (unpaired) electrons. The monoisotopic (exact) mass is 376 g/mol. The van der Waals surface area contributed by atoms with E-state index in [4.69, 9.17) is 4.74 Å². The number of cyclic esters (lactones) is 1. The highest BCUT2D eigenvalue weighted by Crippen LogP contribution is 2.38. The maximum Gasteiger partial charge on any atom is 0.414 e. The van der Waals surface area contributed by atoms with E-state index in [0.29, 0.717) is 23.8 Å². The highest BCUT2D eigenvalue weighted by molar-refractivity contribution is 5.90. The van der Waals surface area contributed by atoms with E-state index in [1.165, 1.54) is 17.9 Å². The van der Waals surface area contributed by atoms with Crippen molar-refractivity contribution in [3.8, 4) is 0 Å². The lowest BCUT2D eigenvalue weighted by Crippen LogP contribution is -2.56. The van der Waals surface area contributed by atoms with Gasteiger partial charge >= 0.3 is 6.09 Å². The van der Waals surface area contributed by atoms with E-state index < -0.39 is 18.0 Å². The molecule has 3 aliphatic rings. The number of carbonyl (C=O) groups is 3. The molecule has 0 unspecified atom stereocenters. The Hall–Kier alpha value is -2.84. The molecule has 3 atom stereocenters. The number of fused-ring (bicyclic) bond motifs is 1. The second-order valence-electron chi connectivity index (χ2n) is 7.23. The van der Waals surface area contributed by atoms with E-state index in [1.54, 1.807) is 17.0 Å². The molecule has 0 aliphatic carbocycles. The second kappa shape index (κ2) is 6.71. The average molecular weight is 376 g/mol. The SMILES string of the molecule is CC(=O)NC[C@H]1CN(c2ccc(N3C[C@H]4CN(C=O)C[C@H]43)c(F)c2)C(=O)O1. The van der Waals surface area contributed by atoms with Gasteiger partial charge in [-0.3, -0.25) is 14.5 Å². The van der Waals surface area contributed by atoms with Crippen LogP contribution in [0.5, 0.6) is 0 Å². The third-order valence-corrected chi connectivity index (χ3v) is 5.42. The van der Waals surface area contributed by atoms with Crippen LogP contribution in [-0.4, -0.2) is 68.2 Å². The minimum absolute atomic E-state index is 0.148. The zero-order chi connectivity index (χ0) is 19.1. The second-order valence-corrected chi connectivity index (χ2v) is 7.23. The Morgan fingerprint density at radius 2 is 2.15 bits per heavy atom. The Labute approximate surface area is 155 Å². The quantitative estimate of drug-likeness (QED) is 0.760. The lowest BCUT2D eigenvalue weighted by Gasteiger charge is -2.45. The fourth-order valence-corrected chi connectivity index (χ4v) is 4.03. The van der Waals surface area contributed by atoms with Crippen LogP contribution in [0.1, 0.15) is 6.92 Å². The Morgan fingerprint density at radius 1 is 1.33 bits per heavy atom. The first-order valence-electron chi connectivity index (χ1n) is 8.94. The Morgan fingerprint density at radius 3 is 2.85 bits per heavy atom. The summed E-state index contributed by atoms with van der Waals surface area (Å²) in [5, 5.41) is 2.61. The number of nitrogens with zero attached hydrogens (tertiary/aromatic N) is 3. The van der Waals surface area contributed by atoms with Gasteiger partial charge in [0.25, 0.3) is 0 Å². The van der Waals surface area contributed by atoms with Crippen molar-refractivity contribution in [2.24, 2.45) is 5.92 Å². The normalized spacial score (nSPS) is 26.5. The molecule has 0 bridgehead atoms. The van der Waals surface area contributed by atoms with Gasteiger partial charge in [0.2, 0.25) is 12.3 Å². The van der Waals surface area contributed by atoms with E-state index in [-0.39, 0.29) is 25.0 Å². The summed E-state index contributed by atoms with van der Waals surface area (Å²) in [4.78, 5) is 39.0. The number of nitrogens with one attached hydrogen (secondary N) is 1. The van der Waals surface area contributed by atoms with Crippen LogP contribution in [0.15, 0.2) is 18.2 Å². The largest absolute Gasteiger partial charge is 0.442 e. The Kier molecular flexibility index (Phi) is 4.37. The molecule has 8 nitrogen and oxygen atoms in total. The van der Waals surface area contributed by atoms with Crippen LogP contribution >= 0.6 is 0 Å². The summed E-state index contributed by atoms with van der Waals surface area (Å²) in [6.07, 6.45) is -0.182. The third kappa shape index (κ3) is 3.17. The van der Waals surface area contributed by atoms with Crippen molar-refractivity contribution < 1.29 is 23.5 Å². The van der Waals surface area contributed by atoms with Crippen LogP contribution in [0.25, 0.3) is 0 Å². The van der Waals surface area contributed by atoms with Crippen LogP contribution in [0.4, 0.5) is 20.6 Å². The number of hydrogen-bond donors (Lipinski definition) is 1. The first-order chi connectivity index (χ1) is 13.0. The van der Waals surface area contributed by atoms with Crippen molar-refractivity contribution in [1.82, 2.24) is 10.2 Å². The molecule has 4 rings (SSSR count). The molecule has 27 heavy (non-hydrogen) atoms. The molecule has 3 heterocycles. The predicted octanol–water partition coefficient (Wildman–Crippen LogP) is 0.564. The number of hydrogen-bond acceptors (Lipinski definition) is 5. The number of anilines is 2. The third-order valence-electron chi connectivity index (χ3n) is 5.42. The number of rotatable bonds is 5. The van der Waals surface area contributed by atoms with Crippen molar-refractivity contribution in [3.05, 3.63) is 24.0 Å². The van der Waals surface area contributed by atoms with Gasteiger partial charge in [0.1, 0.15) is 11.9 Å². The number of halogens is 1. The van der Waals surface area contributed by atoms with Crippen LogP contribution in [-0.2, 0) is 14.3 Å². The Bertz CT molecular complexity index is 789. The number of amides is 3. The lowest BCUT2D eigenvalue weighted by atomic mass is 9.91. The first-order valence-corrected chi connectivity index (χ1v) is 8.94. The van der Waals surface area contributed by atoms with Crippen LogP contribution < -0.4 is 15.1 Å². The topological polar surface area (TPSA) is 82.2 Å². The molecule has 3 aliphatic heterocycles. The summed E-state index contributed by atoms with van der Waals surface area (Å²) in [6, 6.07) is 4.84. The van der Waals surface area contributed by atoms with E-state index in [2.05, 4.69) is 5.32 Å². The van der Waals surface area contributed by atoms with E-state index in [9.17, 15) is 18.8 Å². The van der Waals surface area contributed by atoms with E-state index >= 15 is 0 Å². The molecule has 0 saturated carbocycles. The number of carbonyl (C=O) groups excluding carboxylic acids is 3. The molecule has 1 N–H and O–H groups in total. The van der Waals surface area contributed by atoms with Gasteiger partial charge in [0.15, 0.2) is 0 Å². The van der Waals surface area contributed by atoms with Crippen molar-refractivity contribution in [1.29, 1.82) is 0 Å². The molecule has 0 aromatic heterocycles. The lowest BCUT2D eigenvalue weighted by molar-refractivity contribution is -0.119. The fourth-order valence-electron chi connectivity index (χ4n) is 4.03. The molecule has 0 spiro atoms. The smallest absolute Gasteiger partial charge is 0.414 e. The maximum atomic E-state index is 14.7. The summed E-state index contributed by atoms with van der Waals surface area (Å²) < 4.78 is 19.9. The summed E-state index contributed by atoms with van der Waals surface area (Å²) in [5.74, 6) is -0.223. The molecular weight excluding hydrogens is 355 g/mol. The van der Waals surface area contributed by atoms with Crippen molar-refractivity contribution in [2.45, 2.75) is 19.1 Å². The zero-order valence-corrected chi connectivity index (χ0v) is 14.9. The van der Waals surface area contributed by atoms with Crippen LogP contribution in [0, 0.1) is 11.7 Å². The number of ether oxygens (including phenoxy) is 1. The van der Waals surface area contributed by atoms with Gasteiger partial charge in [-0.15, -0.1) is 0 Å². The van der Waals surface area contributed by atoms with Gasteiger partial charge in [0, 0.05) is 32.5 Å². The molecule has 1 aromatic rings. The molecule has 1 aromatic carbocycles. The first kappa shape index (κ1) is 17.6. The summed E-state index contributed by atoms with van der Waals surface area (Å²) in [6.45, 7) is 3.92. The van der Waals surface area contributed by atoms with Gasteiger partial charge in [0.05, 0.1) is 30.5 Å². The van der Waals surface area contributed by atoms with Crippen LogP contribution in [0.2, 0.25) is 0 Å². The van der Waals surface area contributed by atoms with Crippen LogP contribution in [0.3, 0.4) is 0 Å². The molecular formula is C18H21FN4O4. The van der Waals surface area contributed by atoms with E-state index in [1.807, 2.05) is 4.90 Å². The molecule has 3 saturated heterocycles. The minimum atomic E-state index is -0.557. The molecule has 3 amide bonds. The highest BCUT2D eigenvalue weighted by atomic mass is 19.1. The summed E-state index contributed by atoms with van der Waals surface area (Å²) in [5.41, 5.74) is 0.902. The van der Waals surface area contributed by atoms with Gasteiger partial charge in [-0.25, -0.2) is 9.18 Å². The van der Waals surface area contributed by atoms with Gasteiger partial charge in [-0.1, -0.05) is 0 Å². The number of benzene rings is 1. The Balaban J connectivity index is 1.44. The zero-order valence-electron chi connectivity index (χ0n) is 14.9. The van der Waals surface area contributed by atoms with Crippen molar-refractivity contribution in [3.63, 3.8) is 0 Å². The fraction of sp³-hybridized carbons (Fsp3) is 0.500. The van der Waals surface area contributed by atoms with Crippen molar-refractivity contribution in [2.75, 3.05) is 42.5 Å². The molecule has 3 fully saturated rings. The van der Waals surface area contributed by atoms with Gasteiger partial charge < -0.3 is 19.9 Å². The highest BCUT2D eigenvalue weighted by Gasteiger charge is 2.46. The van der Waals surface area contributed by atoms with Crippen molar-refractivity contribution >= 4 is 29.8 Å². The minimum Gasteiger partial charge on any atom is -0.442 e. The maximum absolute atomic E-state index is 14.7. The van der Waals surface area contributed by atoms with Gasteiger partial charge in [-0.2, -0.15) is 0 Å². The predicted molar refractivity (Wildman–Crippen MR) is 95.0 cm³/mol. The molecule has 9 heteroatoms. The number of likely N-dealkylation sites (tertiary alicyclic amines) is 1. The van der Waals surface area contributed by atoms with Gasteiger partial charge in [-0.05, 0) is 18.2 Å². The summed E-state index contributed by atoms with van der Waals surface area (Å²) >= 11 is 0. The van der Waals surface area contributed by atoms with E-state index in [0.717, 1.165) is 19.5 Å². The molecule has 144 valence electrons. The average Bonchev–Trinajstić information content (AvgIpc) is 3.15. The summed E-state index contributed by atoms with van der Waals surface area (Å²) in [7, 11) is 0. The standard InChI is InChI=1S/C18H21FN4O4/c1-11(25)20-5-14-8-22(18(26)27-14)13-2-3-16(15(19)4-13)23-7-12-6-21(10-24)9-17(12)23/h2-4,10,12,14,17H,5-9H2,1H3,(H,20,25)/t12-,14+,17-/m1/s1.